The number of aliphatic imine (C=N–C) groups is 1. The third kappa shape index (κ3) is 2.31. The van der Waals surface area contributed by atoms with Gasteiger partial charge in [0, 0.05) is 17.4 Å². The molecule has 0 aliphatic carbocycles. The van der Waals surface area contributed by atoms with Crippen molar-refractivity contribution < 1.29 is 0 Å². The summed E-state index contributed by atoms with van der Waals surface area (Å²) in [5, 5.41) is 3.26. The van der Waals surface area contributed by atoms with E-state index < -0.39 is 0 Å². The lowest BCUT2D eigenvalue weighted by molar-refractivity contribution is 0.953. The van der Waals surface area contributed by atoms with E-state index >= 15 is 0 Å². The second kappa shape index (κ2) is 3.92. The normalized spacial score (nSPS) is 15.3. The molecule has 0 spiro atoms. The van der Waals surface area contributed by atoms with Gasteiger partial charge in [-0.25, -0.2) is 0 Å². The average Bonchev–Trinajstić information content (AvgIpc) is 2.62. The summed E-state index contributed by atoms with van der Waals surface area (Å²) in [5.74, 6) is 1.11. The summed E-state index contributed by atoms with van der Waals surface area (Å²) in [5.41, 5.74) is 1.30. The standard InChI is InChI=1S/C10H11BrN2/c11-9-3-1-8(2-4-9)7-10-12-5-6-13-10/h1-4H,5-7H2,(H,12,13). The van der Waals surface area contributed by atoms with Gasteiger partial charge in [0.15, 0.2) is 0 Å². The van der Waals surface area contributed by atoms with Gasteiger partial charge in [0.25, 0.3) is 0 Å². The van der Waals surface area contributed by atoms with Crippen molar-refractivity contribution in [3.05, 3.63) is 34.3 Å². The van der Waals surface area contributed by atoms with Gasteiger partial charge in [-0.05, 0) is 17.7 Å². The molecule has 1 aromatic carbocycles. The number of hydrogen-bond donors (Lipinski definition) is 1. The molecule has 68 valence electrons. The summed E-state index contributed by atoms with van der Waals surface area (Å²) in [6.07, 6.45) is 0.924. The fourth-order valence-electron chi connectivity index (χ4n) is 1.36. The van der Waals surface area contributed by atoms with Crippen molar-refractivity contribution >= 4 is 21.8 Å². The first-order valence-electron chi connectivity index (χ1n) is 4.36. The summed E-state index contributed by atoms with van der Waals surface area (Å²) in [7, 11) is 0. The number of rotatable bonds is 2. The molecule has 0 unspecified atom stereocenters. The zero-order valence-electron chi connectivity index (χ0n) is 7.26. The van der Waals surface area contributed by atoms with Gasteiger partial charge in [0.2, 0.25) is 0 Å². The second-order valence-electron chi connectivity index (χ2n) is 3.06. The topological polar surface area (TPSA) is 24.4 Å². The molecule has 13 heavy (non-hydrogen) atoms. The largest absolute Gasteiger partial charge is 0.372 e. The molecule has 0 atom stereocenters. The van der Waals surface area contributed by atoms with Crippen LogP contribution in [0.5, 0.6) is 0 Å². The Morgan fingerprint density at radius 3 is 2.69 bits per heavy atom. The molecule has 1 aliphatic rings. The van der Waals surface area contributed by atoms with Gasteiger partial charge in [-0.1, -0.05) is 28.1 Å². The fraction of sp³-hybridized carbons (Fsp3) is 0.300. The molecule has 0 fully saturated rings. The van der Waals surface area contributed by atoms with Crippen LogP contribution < -0.4 is 5.32 Å². The summed E-state index contributed by atoms with van der Waals surface area (Å²) in [4.78, 5) is 4.35. The third-order valence-electron chi connectivity index (χ3n) is 2.03. The molecule has 3 heteroatoms. The van der Waals surface area contributed by atoms with E-state index in [9.17, 15) is 0 Å². The SMILES string of the molecule is Brc1ccc(CC2=NCCN2)cc1. The fourth-order valence-corrected chi connectivity index (χ4v) is 1.63. The van der Waals surface area contributed by atoms with E-state index in [0.29, 0.717) is 0 Å². The van der Waals surface area contributed by atoms with E-state index in [1.54, 1.807) is 0 Å². The highest BCUT2D eigenvalue weighted by Gasteiger charge is 2.04. The number of benzene rings is 1. The maximum atomic E-state index is 4.35. The maximum Gasteiger partial charge on any atom is 0.101 e. The van der Waals surface area contributed by atoms with Gasteiger partial charge in [-0.2, -0.15) is 0 Å². The Bertz CT molecular complexity index is 316. The van der Waals surface area contributed by atoms with Crippen LogP contribution in [0.25, 0.3) is 0 Å². The van der Waals surface area contributed by atoms with Crippen LogP contribution in [0.2, 0.25) is 0 Å². The zero-order valence-corrected chi connectivity index (χ0v) is 8.84. The Labute approximate surface area is 86.2 Å². The molecule has 1 aliphatic heterocycles. The Kier molecular flexibility index (Phi) is 2.64. The third-order valence-corrected chi connectivity index (χ3v) is 2.56. The molecule has 1 aromatic rings. The van der Waals surface area contributed by atoms with Gasteiger partial charge in [-0.15, -0.1) is 0 Å². The zero-order chi connectivity index (χ0) is 9.10. The van der Waals surface area contributed by atoms with Crippen molar-refractivity contribution in [2.24, 2.45) is 4.99 Å². The van der Waals surface area contributed by atoms with Gasteiger partial charge in [0.05, 0.1) is 6.54 Å². The van der Waals surface area contributed by atoms with E-state index in [2.05, 4.69) is 50.5 Å². The molecular weight excluding hydrogens is 228 g/mol. The molecule has 1 N–H and O–H groups in total. The molecular formula is C10H11BrN2. The van der Waals surface area contributed by atoms with Crippen molar-refractivity contribution in [1.82, 2.24) is 5.32 Å². The van der Waals surface area contributed by atoms with Crippen LogP contribution in [0.4, 0.5) is 0 Å². The molecule has 0 saturated carbocycles. The van der Waals surface area contributed by atoms with Crippen LogP contribution in [0.15, 0.2) is 33.7 Å². The van der Waals surface area contributed by atoms with Crippen LogP contribution in [0.3, 0.4) is 0 Å². The summed E-state index contributed by atoms with van der Waals surface area (Å²) in [6.45, 7) is 1.91. The minimum absolute atomic E-state index is 0.922. The highest BCUT2D eigenvalue weighted by atomic mass is 79.9. The number of nitrogens with one attached hydrogen (secondary N) is 1. The molecule has 2 nitrogen and oxygen atoms in total. The predicted molar refractivity (Wildman–Crippen MR) is 58.2 cm³/mol. The predicted octanol–water partition coefficient (Wildman–Crippen LogP) is 1.99. The van der Waals surface area contributed by atoms with Crippen molar-refractivity contribution in [1.29, 1.82) is 0 Å². The minimum atomic E-state index is 0.922. The van der Waals surface area contributed by atoms with Crippen molar-refractivity contribution in [3.8, 4) is 0 Å². The quantitative estimate of drug-likeness (QED) is 0.838. The molecule has 1 heterocycles. The Morgan fingerprint density at radius 2 is 2.08 bits per heavy atom. The van der Waals surface area contributed by atoms with Crippen LogP contribution in [-0.4, -0.2) is 18.9 Å². The molecule has 0 saturated heterocycles. The minimum Gasteiger partial charge on any atom is -0.372 e. The Morgan fingerprint density at radius 1 is 1.31 bits per heavy atom. The van der Waals surface area contributed by atoms with Crippen LogP contribution >= 0.6 is 15.9 Å². The van der Waals surface area contributed by atoms with E-state index in [1.807, 2.05) is 0 Å². The number of hydrogen-bond acceptors (Lipinski definition) is 2. The number of amidine groups is 1. The van der Waals surface area contributed by atoms with Crippen molar-refractivity contribution in [3.63, 3.8) is 0 Å². The summed E-state index contributed by atoms with van der Waals surface area (Å²) < 4.78 is 1.12. The average molecular weight is 239 g/mol. The monoisotopic (exact) mass is 238 g/mol. The highest BCUT2D eigenvalue weighted by molar-refractivity contribution is 9.10. The van der Waals surface area contributed by atoms with E-state index in [-0.39, 0.29) is 0 Å². The van der Waals surface area contributed by atoms with Crippen molar-refractivity contribution in [2.45, 2.75) is 6.42 Å². The van der Waals surface area contributed by atoms with Gasteiger partial charge in [0.1, 0.15) is 5.84 Å². The lowest BCUT2D eigenvalue weighted by Crippen LogP contribution is -2.20. The van der Waals surface area contributed by atoms with Crippen molar-refractivity contribution in [2.75, 3.05) is 13.1 Å². The lowest BCUT2D eigenvalue weighted by atomic mass is 10.1. The van der Waals surface area contributed by atoms with Crippen LogP contribution in [0, 0.1) is 0 Å². The van der Waals surface area contributed by atoms with Gasteiger partial charge >= 0.3 is 0 Å². The summed E-state index contributed by atoms with van der Waals surface area (Å²) in [6, 6.07) is 8.36. The van der Waals surface area contributed by atoms with Gasteiger partial charge in [-0.3, -0.25) is 4.99 Å². The van der Waals surface area contributed by atoms with Crippen LogP contribution in [-0.2, 0) is 6.42 Å². The first kappa shape index (κ1) is 8.75. The van der Waals surface area contributed by atoms with Gasteiger partial charge < -0.3 is 5.32 Å². The second-order valence-corrected chi connectivity index (χ2v) is 3.97. The Hall–Kier alpha value is -0.830. The van der Waals surface area contributed by atoms with E-state index in [1.165, 1.54) is 5.56 Å². The highest BCUT2D eigenvalue weighted by Crippen LogP contribution is 2.11. The van der Waals surface area contributed by atoms with E-state index in [0.717, 1.165) is 29.8 Å². The summed E-state index contributed by atoms with van der Waals surface area (Å²) >= 11 is 3.41. The lowest BCUT2D eigenvalue weighted by Gasteiger charge is -2.02. The molecule has 0 radical (unpaired) electrons. The maximum absolute atomic E-state index is 4.35. The van der Waals surface area contributed by atoms with Crippen LogP contribution in [0.1, 0.15) is 5.56 Å². The molecule has 0 bridgehead atoms. The Balaban J connectivity index is 2.05. The number of halogens is 1. The smallest absolute Gasteiger partial charge is 0.101 e. The number of nitrogens with zero attached hydrogens (tertiary/aromatic N) is 1. The molecule has 0 aromatic heterocycles. The molecule has 2 rings (SSSR count). The molecule has 0 amide bonds. The first-order chi connectivity index (χ1) is 6.34. The first-order valence-corrected chi connectivity index (χ1v) is 5.15. The van der Waals surface area contributed by atoms with E-state index in [4.69, 9.17) is 0 Å².